The van der Waals surface area contributed by atoms with E-state index in [1.165, 1.54) is 28.0 Å². The van der Waals surface area contributed by atoms with Gasteiger partial charge in [0.2, 0.25) is 10.0 Å². The van der Waals surface area contributed by atoms with Crippen molar-refractivity contribution >= 4 is 27.3 Å². The van der Waals surface area contributed by atoms with E-state index in [0.29, 0.717) is 29.4 Å². The SMILES string of the molecule is Cc1cc(S(=O)(=O)N2CCN(C(=O)c3cnc(-c4ccccc4)nc3)CC2)c(C)s1. The molecule has 2 aromatic heterocycles. The fourth-order valence-electron chi connectivity index (χ4n) is 3.49. The number of hydrogen-bond donors (Lipinski definition) is 0. The number of carbonyl (C=O) groups is 1. The molecule has 1 aromatic carbocycles. The van der Waals surface area contributed by atoms with E-state index in [1.54, 1.807) is 11.0 Å². The van der Waals surface area contributed by atoms with E-state index in [9.17, 15) is 13.2 Å². The van der Waals surface area contributed by atoms with Gasteiger partial charge in [-0.25, -0.2) is 18.4 Å². The van der Waals surface area contributed by atoms with Gasteiger partial charge in [-0.15, -0.1) is 11.3 Å². The van der Waals surface area contributed by atoms with Crippen molar-refractivity contribution in [2.24, 2.45) is 0 Å². The summed E-state index contributed by atoms with van der Waals surface area (Å²) in [6.07, 6.45) is 3.05. The van der Waals surface area contributed by atoms with E-state index in [2.05, 4.69) is 9.97 Å². The minimum absolute atomic E-state index is 0.186. The number of thiophene rings is 1. The van der Waals surface area contributed by atoms with E-state index < -0.39 is 10.0 Å². The molecule has 7 nitrogen and oxygen atoms in total. The van der Waals surface area contributed by atoms with E-state index in [4.69, 9.17) is 0 Å². The first-order chi connectivity index (χ1) is 14.4. The van der Waals surface area contributed by atoms with Crippen LogP contribution in [0.15, 0.2) is 53.7 Å². The molecule has 1 saturated heterocycles. The number of rotatable bonds is 4. The molecule has 30 heavy (non-hydrogen) atoms. The molecule has 3 heterocycles. The lowest BCUT2D eigenvalue weighted by Crippen LogP contribution is -2.50. The lowest BCUT2D eigenvalue weighted by atomic mass is 10.2. The zero-order valence-corrected chi connectivity index (χ0v) is 18.4. The number of piperazine rings is 1. The van der Waals surface area contributed by atoms with E-state index in [-0.39, 0.29) is 19.0 Å². The first-order valence-corrected chi connectivity index (χ1v) is 11.9. The van der Waals surface area contributed by atoms with Gasteiger partial charge in [0, 0.05) is 53.9 Å². The Morgan fingerprint density at radius 2 is 1.63 bits per heavy atom. The third-order valence-electron chi connectivity index (χ3n) is 5.07. The highest BCUT2D eigenvalue weighted by Crippen LogP contribution is 2.28. The molecule has 1 fully saturated rings. The molecular weight excluding hydrogens is 420 g/mol. The van der Waals surface area contributed by atoms with Crippen LogP contribution in [0.4, 0.5) is 0 Å². The van der Waals surface area contributed by atoms with Crippen LogP contribution in [0.2, 0.25) is 0 Å². The summed E-state index contributed by atoms with van der Waals surface area (Å²) in [5.41, 5.74) is 1.28. The molecule has 0 radical (unpaired) electrons. The normalized spacial score (nSPS) is 15.3. The number of aryl methyl sites for hydroxylation is 2. The van der Waals surface area contributed by atoms with Crippen LogP contribution in [0.25, 0.3) is 11.4 Å². The van der Waals surface area contributed by atoms with Crippen molar-refractivity contribution in [1.82, 2.24) is 19.2 Å². The number of aromatic nitrogens is 2. The summed E-state index contributed by atoms with van der Waals surface area (Å²) < 4.78 is 27.4. The minimum Gasteiger partial charge on any atom is -0.336 e. The molecule has 0 saturated carbocycles. The Morgan fingerprint density at radius 3 is 2.20 bits per heavy atom. The summed E-state index contributed by atoms with van der Waals surface area (Å²) in [7, 11) is -3.54. The van der Waals surface area contributed by atoms with Crippen molar-refractivity contribution in [2.45, 2.75) is 18.7 Å². The lowest BCUT2D eigenvalue weighted by molar-refractivity contribution is 0.0697. The highest BCUT2D eigenvalue weighted by molar-refractivity contribution is 7.89. The van der Waals surface area contributed by atoms with Gasteiger partial charge in [0.15, 0.2) is 5.82 Å². The maximum atomic E-state index is 12.9. The smallest absolute Gasteiger partial charge is 0.257 e. The van der Waals surface area contributed by atoms with Gasteiger partial charge in [-0.1, -0.05) is 30.3 Å². The van der Waals surface area contributed by atoms with Gasteiger partial charge in [0.25, 0.3) is 5.91 Å². The molecule has 1 aliphatic heterocycles. The molecule has 1 aliphatic rings. The predicted molar refractivity (Wildman–Crippen MR) is 116 cm³/mol. The Labute approximate surface area is 180 Å². The predicted octanol–water partition coefficient (Wildman–Crippen LogP) is 2.97. The van der Waals surface area contributed by atoms with Crippen molar-refractivity contribution in [3.05, 3.63) is 64.1 Å². The van der Waals surface area contributed by atoms with Crippen LogP contribution in [0, 0.1) is 13.8 Å². The standard InChI is InChI=1S/C21H22N4O3S2/c1-15-12-19(16(2)29-15)30(27,28)25-10-8-24(9-11-25)21(26)18-13-22-20(23-14-18)17-6-4-3-5-7-17/h3-7,12-14H,8-11H2,1-2H3. The van der Waals surface area contributed by atoms with Gasteiger partial charge in [-0.2, -0.15) is 4.31 Å². The van der Waals surface area contributed by atoms with Crippen LogP contribution in [0.3, 0.4) is 0 Å². The average molecular weight is 443 g/mol. The van der Waals surface area contributed by atoms with Gasteiger partial charge in [0.05, 0.1) is 10.5 Å². The second-order valence-electron chi connectivity index (χ2n) is 7.14. The summed E-state index contributed by atoms with van der Waals surface area (Å²) in [6.45, 7) is 4.93. The second kappa shape index (κ2) is 8.25. The number of carbonyl (C=O) groups excluding carboxylic acids is 1. The fraction of sp³-hybridized carbons (Fsp3) is 0.286. The minimum atomic E-state index is -3.54. The fourth-order valence-corrected chi connectivity index (χ4v) is 6.44. The Kier molecular flexibility index (Phi) is 5.68. The van der Waals surface area contributed by atoms with Crippen molar-refractivity contribution < 1.29 is 13.2 Å². The van der Waals surface area contributed by atoms with Crippen molar-refractivity contribution in [3.63, 3.8) is 0 Å². The molecule has 9 heteroatoms. The van der Waals surface area contributed by atoms with Crippen molar-refractivity contribution in [2.75, 3.05) is 26.2 Å². The molecule has 156 valence electrons. The number of nitrogens with zero attached hydrogens (tertiary/aromatic N) is 4. The Morgan fingerprint density at radius 1 is 1.00 bits per heavy atom. The van der Waals surface area contributed by atoms with Crippen LogP contribution in [-0.2, 0) is 10.0 Å². The topological polar surface area (TPSA) is 83.5 Å². The first kappa shape index (κ1) is 20.6. The monoisotopic (exact) mass is 442 g/mol. The van der Waals surface area contributed by atoms with Gasteiger partial charge < -0.3 is 4.90 Å². The third-order valence-corrected chi connectivity index (χ3v) is 8.19. The highest BCUT2D eigenvalue weighted by Gasteiger charge is 2.32. The van der Waals surface area contributed by atoms with Crippen LogP contribution < -0.4 is 0 Å². The Balaban J connectivity index is 1.43. The van der Waals surface area contributed by atoms with Crippen LogP contribution >= 0.6 is 11.3 Å². The summed E-state index contributed by atoms with van der Waals surface area (Å²) in [5.74, 6) is 0.374. The summed E-state index contributed by atoms with van der Waals surface area (Å²) in [6, 6.07) is 11.3. The molecule has 0 unspecified atom stereocenters. The molecule has 0 bridgehead atoms. The van der Waals surface area contributed by atoms with Gasteiger partial charge in [-0.05, 0) is 19.9 Å². The maximum Gasteiger partial charge on any atom is 0.257 e. The lowest BCUT2D eigenvalue weighted by Gasteiger charge is -2.34. The quantitative estimate of drug-likeness (QED) is 0.620. The maximum absolute atomic E-state index is 12.9. The van der Waals surface area contributed by atoms with E-state index in [1.807, 2.05) is 44.2 Å². The number of hydrogen-bond acceptors (Lipinski definition) is 6. The largest absolute Gasteiger partial charge is 0.336 e. The Bertz CT molecular complexity index is 1150. The zero-order chi connectivity index (χ0) is 21.3. The molecule has 3 aromatic rings. The summed E-state index contributed by atoms with van der Waals surface area (Å²) in [4.78, 5) is 25.2. The number of sulfonamides is 1. The molecule has 0 spiro atoms. The third kappa shape index (κ3) is 4.00. The zero-order valence-electron chi connectivity index (χ0n) is 16.8. The average Bonchev–Trinajstić information content (AvgIpc) is 3.13. The van der Waals surface area contributed by atoms with Crippen LogP contribution in [0.1, 0.15) is 20.1 Å². The van der Waals surface area contributed by atoms with Crippen molar-refractivity contribution in [3.8, 4) is 11.4 Å². The number of benzene rings is 1. The number of amides is 1. The molecule has 1 amide bonds. The molecule has 0 N–H and O–H groups in total. The highest BCUT2D eigenvalue weighted by atomic mass is 32.2. The molecular formula is C21H22N4O3S2. The van der Waals surface area contributed by atoms with Crippen LogP contribution in [-0.4, -0.2) is 59.7 Å². The van der Waals surface area contributed by atoms with Crippen molar-refractivity contribution in [1.29, 1.82) is 0 Å². The second-order valence-corrected chi connectivity index (χ2v) is 10.5. The summed E-state index contributed by atoms with van der Waals surface area (Å²) >= 11 is 1.48. The van der Waals surface area contributed by atoms with Gasteiger partial charge in [0.1, 0.15) is 0 Å². The molecule has 0 atom stereocenters. The Hall–Kier alpha value is -2.62. The summed E-state index contributed by atoms with van der Waals surface area (Å²) in [5, 5.41) is 0. The van der Waals surface area contributed by atoms with E-state index in [0.717, 1.165) is 15.3 Å². The molecule has 0 aliphatic carbocycles. The van der Waals surface area contributed by atoms with Gasteiger partial charge >= 0.3 is 0 Å². The van der Waals surface area contributed by atoms with Crippen LogP contribution in [0.5, 0.6) is 0 Å². The first-order valence-electron chi connectivity index (χ1n) is 9.60. The van der Waals surface area contributed by atoms with E-state index >= 15 is 0 Å². The van der Waals surface area contributed by atoms with Gasteiger partial charge in [-0.3, -0.25) is 4.79 Å². The molecule has 4 rings (SSSR count).